The SMILES string of the molecule is CC(C)(C)Cc1cc(-c2[c-]cccc2)nc[c]1[Ge]([CH3])([CH3])[CH3].Cc1cc(-c2ccccc2)cc(C)c1C1C(c2[c-]ccc3c2oc2ccccc23)=Nc2ccccc21.[Ir]. The van der Waals surface area contributed by atoms with Crippen LogP contribution in [0.4, 0.5) is 5.69 Å². The molecule has 0 fully saturated rings. The third kappa shape index (κ3) is 8.48. The van der Waals surface area contributed by atoms with Crippen LogP contribution in [0.3, 0.4) is 0 Å². The van der Waals surface area contributed by atoms with Crippen molar-refractivity contribution in [2.75, 3.05) is 0 Å². The zero-order chi connectivity index (χ0) is 39.9. The van der Waals surface area contributed by atoms with Gasteiger partial charge in [-0.3, -0.25) is 4.99 Å². The van der Waals surface area contributed by atoms with E-state index in [1.807, 2.05) is 36.4 Å². The van der Waals surface area contributed by atoms with Gasteiger partial charge in [0, 0.05) is 31.4 Å². The third-order valence-electron chi connectivity index (χ3n) is 10.8. The van der Waals surface area contributed by atoms with E-state index in [-0.39, 0.29) is 26.0 Å². The summed E-state index contributed by atoms with van der Waals surface area (Å²) < 4.78 is 7.94. The number of furan rings is 1. The van der Waals surface area contributed by atoms with Gasteiger partial charge in [0.15, 0.2) is 0 Å². The Balaban J connectivity index is 0.000000200. The van der Waals surface area contributed by atoms with Gasteiger partial charge in [-0.15, -0.1) is 18.2 Å². The normalized spacial score (nSPS) is 13.7. The predicted molar refractivity (Wildman–Crippen MR) is 243 cm³/mol. The third-order valence-corrected chi connectivity index (χ3v) is 15.2. The van der Waals surface area contributed by atoms with Crippen molar-refractivity contribution in [1.82, 2.24) is 4.98 Å². The van der Waals surface area contributed by atoms with Crippen LogP contribution in [-0.2, 0) is 26.5 Å². The van der Waals surface area contributed by atoms with E-state index in [9.17, 15) is 0 Å². The number of aryl methyl sites for hydroxylation is 2. The molecule has 0 saturated heterocycles. The molecule has 0 bridgehead atoms. The van der Waals surface area contributed by atoms with Crippen molar-refractivity contribution in [2.24, 2.45) is 10.4 Å². The van der Waals surface area contributed by atoms with Gasteiger partial charge in [0.1, 0.15) is 5.58 Å². The number of hydrogen-bond donors (Lipinski definition) is 0. The Kier molecular flexibility index (Phi) is 11.9. The van der Waals surface area contributed by atoms with Crippen molar-refractivity contribution >= 4 is 51.0 Å². The van der Waals surface area contributed by atoms with Crippen LogP contribution in [-0.4, -0.2) is 24.0 Å². The van der Waals surface area contributed by atoms with E-state index in [0.29, 0.717) is 5.41 Å². The van der Waals surface area contributed by atoms with Gasteiger partial charge in [0.25, 0.3) is 0 Å². The monoisotopic (exact) mass is 997 g/mol. The minimum Gasteiger partial charge on any atom is -0.501 e. The number of para-hydroxylation sites is 2. The second-order valence-electron chi connectivity index (χ2n) is 17.6. The minimum absolute atomic E-state index is 0. The molecule has 8 aromatic rings. The number of benzene rings is 6. The Hall–Kier alpha value is -4.87. The van der Waals surface area contributed by atoms with E-state index in [1.165, 1.54) is 43.3 Å². The predicted octanol–water partition coefficient (Wildman–Crippen LogP) is 13.6. The van der Waals surface area contributed by atoms with Crippen LogP contribution in [0.5, 0.6) is 0 Å². The molecule has 2 aromatic heterocycles. The molecule has 293 valence electrons. The molecule has 3 nitrogen and oxygen atoms in total. The summed E-state index contributed by atoms with van der Waals surface area (Å²) in [4.78, 5) is 9.91. The van der Waals surface area contributed by atoms with Crippen LogP contribution >= 0.6 is 0 Å². The summed E-state index contributed by atoms with van der Waals surface area (Å²) in [5.41, 5.74) is 16.1. The van der Waals surface area contributed by atoms with E-state index in [4.69, 9.17) is 14.4 Å². The van der Waals surface area contributed by atoms with Gasteiger partial charge < -0.3 is 4.42 Å². The van der Waals surface area contributed by atoms with Gasteiger partial charge in [-0.25, -0.2) is 0 Å². The Morgan fingerprint density at radius 1 is 0.707 bits per heavy atom. The van der Waals surface area contributed by atoms with Crippen molar-refractivity contribution in [1.29, 1.82) is 0 Å². The van der Waals surface area contributed by atoms with Crippen molar-refractivity contribution in [3.8, 4) is 22.4 Å². The summed E-state index contributed by atoms with van der Waals surface area (Å²) in [6.45, 7) is 11.4. The smallest absolute Gasteiger partial charge is 0.120 e. The Bertz CT molecular complexity index is 2730. The molecule has 1 aliphatic heterocycles. The quantitative estimate of drug-likeness (QED) is 0.123. The van der Waals surface area contributed by atoms with Crippen LogP contribution in [0.1, 0.15) is 60.1 Å². The average molecular weight is 996 g/mol. The van der Waals surface area contributed by atoms with E-state index < -0.39 is 13.3 Å². The van der Waals surface area contributed by atoms with E-state index in [2.05, 4.69) is 167 Å². The summed E-state index contributed by atoms with van der Waals surface area (Å²) in [5, 5.41) is 2.22. The fourth-order valence-electron chi connectivity index (χ4n) is 8.37. The molecule has 6 aromatic carbocycles. The summed E-state index contributed by atoms with van der Waals surface area (Å²) in [6, 6.07) is 53.2. The molecule has 0 saturated carbocycles. The number of fused-ring (bicyclic) bond motifs is 4. The number of rotatable bonds is 6. The van der Waals surface area contributed by atoms with Gasteiger partial charge in [-0.05, 0) is 65.1 Å². The number of pyridine rings is 1. The van der Waals surface area contributed by atoms with Crippen molar-refractivity contribution in [3.05, 3.63) is 185 Å². The number of hydrogen-bond acceptors (Lipinski definition) is 3. The Morgan fingerprint density at radius 3 is 2.10 bits per heavy atom. The largest absolute Gasteiger partial charge is 0.501 e. The Morgan fingerprint density at radius 2 is 1.40 bits per heavy atom. The maximum atomic E-state index is 6.40. The first kappa shape index (κ1) is 41.3. The van der Waals surface area contributed by atoms with Crippen molar-refractivity contribution < 1.29 is 24.5 Å². The first-order chi connectivity index (χ1) is 27.4. The standard InChI is InChI=1S/C34H24NO.C19H26GeN.Ir/c1-21-19-24(23-11-4-3-5-12-23)20-22(2)31(21)32-27-14-6-8-17-29(27)35-33(32)28-16-10-15-26-25-13-7-9-18-30(25)36-34(26)28;1-19(2,3)13-16-12-18(15-10-8-7-9-11-15)21-14-17(16)20(4,5)6;/h3-15,17-20,32H,1-2H3;7-10,12,14H,13H2,1-6H3;/q2*-1;. The van der Waals surface area contributed by atoms with Crippen LogP contribution in [0.15, 0.2) is 149 Å². The van der Waals surface area contributed by atoms with E-state index >= 15 is 0 Å². The molecule has 5 heteroatoms. The van der Waals surface area contributed by atoms with Gasteiger partial charge in [0.05, 0.1) is 11.3 Å². The van der Waals surface area contributed by atoms with E-state index in [1.54, 1.807) is 0 Å². The maximum Gasteiger partial charge on any atom is 0.120 e. The van der Waals surface area contributed by atoms with Gasteiger partial charge in [-0.2, -0.15) is 0 Å². The molecule has 0 N–H and O–H groups in total. The summed E-state index contributed by atoms with van der Waals surface area (Å²) in [6.07, 6.45) is 3.24. The fourth-order valence-corrected chi connectivity index (χ4v) is 11.7. The molecule has 1 radical (unpaired) electrons. The summed E-state index contributed by atoms with van der Waals surface area (Å²) >= 11 is -1.90. The van der Waals surface area contributed by atoms with Crippen molar-refractivity contribution in [3.63, 3.8) is 0 Å². The summed E-state index contributed by atoms with van der Waals surface area (Å²) in [5.74, 6) is 7.34. The molecule has 0 spiro atoms. The first-order valence-corrected chi connectivity index (χ1v) is 27.3. The Labute approximate surface area is 360 Å². The van der Waals surface area contributed by atoms with Gasteiger partial charge in [-0.1, -0.05) is 89.8 Å². The maximum absolute atomic E-state index is 6.40. The zero-order valence-corrected chi connectivity index (χ0v) is 39.2. The molecule has 3 heterocycles. The minimum atomic E-state index is -1.90. The number of aliphatic imine (C=N–C) groups is 1. The van der Waals surface area contributed by atoms with Crippen LogP contribution < -0.4 is 4.40 Å². The molecule has 1 aliphatic rings. The molecule has 0 aliphatic carbocycles. The zero-order valence-electron chi connectivity index (χ0n) is 34.7. The topological polar surface area (TPSA) is 38.4 Å². The molecule has 1 unspecified atom stereocenters. The van der Waals surface area contributed by atoms with Crippen molar-refractivity contribution in [2.45, 2.75) is 64.2 Å². The molecule has 58 heavy (non-hydrogen) atoms. The average Bonchev–Trinajstić information content (AvgIpc) is 3.76. The molecule has 1 atom stereocenters. The van der Waals surface area contributed by atoms with Crippen LogP contribution in [0, 0.1) is 31.4 Å². The molecule has 9 rings (SSSR count). The van der Waals surface area contributed by atoms with Gasteiger partial charge >= 0.3 is 132 Å². The van der Waals surface area contributed by atoms with Crippen LogP contribution in [0.25, 0.3) is 44.3 Å². The molecular formula is C53H50GeIrN2O-2. The van der Waals surface area contributed by atoms with Gasteiger partial charge in [0.2, 0.25) is 0 Å². The van der Waals surface area contributed by atoms with Crippen LogP contribution in [0.2, 0.25) is 17.3 Å². The molecule has 0 amide bonds. The fraction of sp³-hybridized carbons (Fsp3) is 0.208. The first-order valence-electron chi connectivity index (χ1n) is 20.0. The van der Waals surface area contributed by atoms with E-state index in [0.717, 1.165) is 56.6 Å². The molecular weight excluding hydrogens is 945 g/mol. The number of nitrogens with zero attached hydrogens (tertiary/aromatic N) is 2. The second-order valence-corrected chi connectivity index (χ2v) is 28.1. The number of aromatic nitrogens is 1. The second kappa shape index (κ2) is 16.8. The summed E-state index contributed by atoms with van der Waals surface area (Å²) in [7, 11) is 0.